The summed E-state index contributed by atoms with van der Waals surface area (Å²) in [5, 5.41) is 22.2. The number of aliphatic hydroxyl groups is 1. The second-order valence-corrected chi connectivity index (χ2v) is 5.18. The molecule has 5 nitrogen and oxygen atoms in total. The van der Waals surface area contributed by atoms with Gasteiger partial charge in [-0.25, -0.2) is 4.98 Å². The summed E-state index contributed by atoms with van der Waals surface area (Å²) in [7, 11) is 0. The van der Waals surface area contributed by atoms with Crippen molar-refractivity contribution >= 4 is 11.0 Å². The Bertz CT molecular complexity index is 612. The first-order valence-electron chi connectivity index (χ1n) is 6.84. The number of rotatable bonds is 6. The van der Waals surface area contributed by atoms with Crippen molar-refractivity contribution in [1.82, 2.24) is 14.9 Å². The molecule has 0 saturated heterocycles. The van der Waals surface area contributed by atoms with Crippen molar-refractivity contribution in [3.8, 4) is 6.07 Å². The molecule has 1 aromatic heterocycles. The molecule has 0 amide bonds. The molecule has 2 N–H and O–H groups in total. The van der Waals surface area contributed by atoms with E-state index in [0.717, 1.165) is 11.0 Å². The van der Waals surface area contributed by atoms with E-state index in [-0.39, 0.29) is 6.42 Å². The van der Waals surface area contributed by atoms with Crippen molar-refractivity contribution in [2.45, 2.75) is 39.0 Å². The summed E-state index contributed by atoms with van der Waals surface area (Å²) in [4.78, 5) is 4.46. The highest BCUT2D eigenvalue weighted by Gasteiger charge is 2.13. The van der Waals surface area contributed by atoms with Gasteiger partial charge in [0, 0.05) is 12.6 Å². The first kappa shape index (κ1) is 14.5. The van der Waals surface area contributed by atoms with E-state index in [1.807, 2.05) is 42.7 Å². The first-order chi connectivity index (χ1) is 9.61. The third-order valence-corrected chi connectivity index (χ3v) is 3.13. The lowest BCUT2D eigenvalue weighted by atomic mass is 10.2. The van der Waals surface area contributed by atoms with Gasteiger partial charge in [0.15, 0.2) is 0 Å². The number of imidazole rings is 1. The molecule has 2 aromatic rings. The van der Waals surface area contributed by atoms with Crippen molar-refractivity contribution in [2.75, 3.05) is 6.54 Å². The minimum Gasteiger partial charge on any atom is -0.390 e. The Labute approximate surface area is 118 Å². The fraction of sp³-hybridized carbons (Fsp3) is 0.467. The van der Waals surface area contributed by atoms with E-state index >= 15 is 0 Å². The highest BCUT2D eigenvalue weighted by molar-refractivity contribution is 5.76. The van der Waals surface area contributed by atoms with Crippen LogP contribution >= 0.6 is 0 Å². The molecule has 0 fully saturated rings. The summed E-state index contributed by atoms with van der Waals surface area (Å²) in [5.74, 6) is 0.706. The molecular formula is C15H20N4O. The van der Waals surface area contributed by atoms with E-state index in [1.54, 1.807) is 0 Å². The summed E-state index contributed by atoms with van der Waals surface area (Å²) < 4.78 is 1.94. The van der Waals surface area contributed by atoms with Crippen molar-refractivity contribution in [2.24, 2.45) is 0 Å². The third kappa shape index (κ3) is 3.35. The summed E-state index contributed by atoms with van der Waals surface area (Å²) in [6, 6.07) is 10.2. The zero-order chi connectivity index (χ0) is 14.5. The van der Waals surface area contributed by atoms with Crippen LogP contribution < -0.4 is 5.32 Å². The Kier molecular flexibility index (Phi) is 4.72. The van der Waals surface area contributed by atoms with Crippen LogP contribution in [0.2, 0.25) is 0 Å². The number of nitrogens with zero attached hydrogens (tertiary/aromatic N) is 3. The van der Waals surface area contributed by atoms with E-state index < -0.39 is 6.10 Å². The number of para-hydroxylation sites is 2. The van der Waals surface area contributed by atoms with Crippen LogP contribution in [0.3, 0.4) is 0 Å². The number of nitriles is 1. The molecule has 1 heterocycles. The normalized spacial score (nSPS) is 12.8. The van der Waals surface area contributed by atoms with E-state index in [2.05, 4.69) is 16.4 Å². The number of hydrogen-bond donors (Lipinski definition) is 2. The molecule has 0 radical (unpaired) electrons. The Morgan fingerprint density at radius 2 is 2.15 bits per heavy atom. The third-order valence-electron chi connectivity index (χ3n) is 3.13. The standard InChI is InChI=1S/C15H20N4O/c1-11(2)17-9-12(20)10-19-14-6-4-3-5-13(14)18-15(19)7-8-16/h3-6,11-12,17,20H,7,9-10H2,1-2H3. The number of benzene rings is 1. The van der Waals surface area contributed by atoms with Crippen LogP contribution in [0.4, 0.5) is 0 Å². The topological polar surface area (TPSA) is 73.9 Å². The van der Waals surface area contributed by atoms with Crippen LogP contribution in [0, 0.1) is 11.3 Å². The van der Waals surface area contributed by atoms with Gasteiger partial charge in [0.2, 0.25) is 0 Å². The summed E-state index contributed by atoms with van der Waals surface area (Å²) in [5.41, 5.74) is 1.82. The van der Waals surface area contributed by atoms with Crippen molar-refractivity contribution in [3.63, 3.8) is 0 Å². The van der Waals surface area contributed by atoms with E-state index in [9.17, 15) is 5.11 Å². The fourth-order valence-electron chi connectivity index (χ4n) is 2.18. The van der Waals surface area contributed by atoms with Gasteiger partial charge in [0.25, 0.3) is 0 Å². The molecule has 5 heteroatoms. The lowest BCUT2D eigenvalue weighted by Crippen LogP contribution is -2.34. The monoisotopic (exact) mass is 272 g/mol. The predicted molar refractivity (Wildman–Crippen MR) is 78.2 cm³/mol. The molecule has 2 rings (SSSR count). The molecule has 0 aliphatic heterocycles. The second-order valence-electron chi connectivity index (χ2n) is 5.18. The van der Waals surface area contributed by atoms with Crippen molar-refractivity contribution in [3.05, 3.63) is 30.1 Å². The molecule has 106 valence electrons. The zero-order valence-electron chi connectivity index (χ0n) is 11.9. The maximum absolute atomic E-state index is 10.1. The summed E-state index contributed by atoms with van der Waals surface area (Å²) in [6.45, 7) is 5.05. The minimum absolute atomic E-state index is 0.249. The first-order valence-corrected chi connectivity index (χ1v) is 6.84. The van der Waals surface area contributed by atoms with Gasteiger partial charge in [-0.1, -0.05) is 26.0 Å². The second kappa shape index (κ2) is 6.51. The molecule has 1 aromatic carbocycles. The molecule has 0 spiro atoms. The average Bonchev–Trinajstić information content (AvgIpc) is 2.75. The number of nitrogens with one attached hydrogen (secondary N) is 1. The Hall–Kier alpha value is -1.90. The molecule has 0 bridgehead atoms. The maximum Gasteiger partial charge on any atom is 0.124 e. The van der Waals surface area contributed by atoms with Crippen LogP contribution in [0.1, 0.15) is 19.7 Å². The average molecular weight is 272 g/mol. The van der Waals surface area contributed by atoms with Gasteiger partial charge in [-0.05, 0) is 12.1 Å². The molecule has 0 aliphatic carbocycles. The lowest BCUT2D eigenvalue weighted by Gasteiger charge is -2.16. The van der Waals surface area contributed by atoms with Gasteiger partial charge in [-0.2, -0.15) is 5.26 Å². The summed E-state index contributed by atoms with van der Waals surface area (Å²) >= 11 is 0. The molecular weight excluding hydrogens is 252 g/mol. The Morgan fingerprint density at radius 3 is 2.85 bits per heavy atom. The number of aromatic nitrogens is 2. The predicted octanol–water partition coefficient (Wildman–Crippen LogP) is 1.46. The van der Waals surface area contributed by atoms with Crippen LogP contribution in [0.5, 0.6) is 0 Å². The maximum atomic E-state index is 10.1. The molecule has 0 aliphatic rings. The number of hydrogen-bond acceptors (Lipinski definition) is 4. The molecule has 1 atom stereocenters. The zero-order valence-corrected chi connectivity index (χ0v) is 11.9. The minimum atomic E-state index is -0.507. The largest absolute Gasteiger partial charge is 0.390 e. The van der Waals surface area contributed by atoms with Gasteiger partial charge in [0.1, 0.15) is 5.82 Å². The Balaban J connectivity index is 2.23. The van der Waals surface area contributed by atoms with Crippen molar-refractivity contribution < 1.29 is 5.11 Å². The van der Waals surface area contributed by atoms with E-state index in [4.69, 9.17) is 5.26 Å². The lowest BCUT2D eigenvalue weighted by molar-refractivity contribution is 0.149. The van der Waals surface area contributed by atoms with Crippen LogP contribution in [0.15, 0.2) is 24.3 Å². The van der Waals surface area contributed by atoms with Gasteiger partial charge in [-0.3, -0.25) is 0 Å². The van der Waals surface area contributed by atoms with Crippen LogP contribution in [0.25, 0.3) is 11.0 Å². The van der Waals surface area contributed by atoms with Crippen LogP contribution in [-0.2, 0) is 13.0 Å². The molecule has 20 heavy (non-hydrogen) atoms. The SMILES string of the molecule is CC(C)NCC(O)Cn1c(CC#N)nc2ccccc21. The molecule has 0 saturated carbocycles. The van der Waals surface area contributed by atoms with Gasteiger partial charge < -0.3 is 15.0 Å². The van der Waals surface area contributed by atoms with Gasteiger partial charge >= 0.3 is 0 Å². The number of aliphatic hydroxyl groups excluding tert-OH is 1. The fourth-order valence-corrected chi connectivity index (χ4v) is 2.18. The smallest absolute Gasteiger partial charge is 0.124 e. The van der Waals surface area contributed by atoms with Gasteiger partial charge in [-0.15, -0.1) is 0 Å². The van der Waals surface area contributed by atoms with Crippen molar-refractivity contribution in [1.29, 1.82) is 5.26 Å². The summed E-state index contributed by atoms with van der Waals surface area (Å²) in [6.07, 6.45) is -0.258. The Morgan fingerprint density at radius 1 is 1.40 bits per heavy atom. The quantitative estimate of drug-likeness (QED) is 0.835. The highest BCUT2D eigenvalue weighted by atomic mass is 16.3. The highest BCUT2D eigenvalue weighted by Crippen LogP contribution is 2.16. The van der Waals surface area contributed by atoms with E-state index in [1.165, 1.54) is 0 Å². The van der Waals surface area contributed by atoms with Crippen LogP contribution in [-0.4, -0.2) is 33.3 Å². The number of fused-ring (bicyclic) bond motifs is 1. The van der Waals surface area contributed by atoms with E-state index in [0.29, 0.717) is 25.0 Å². The van der Waals surface area contributed by atoms with Gasteiger partial charge in [0.05, 0.1) is 36.2 Å². The molecule has 1 unspecified atom stereocenters.